The Balaban J connectivity index is 2.69. The molecule has 0 radical (unpaired) electrons. The molecular weight excluding hydrogens is 228 g/mol. The fourth-order valence-electron chi connectivity index (χ4n) is 1.76. The first kappa shape index (κ1) is 14.7. The van der Waals surface area contributed by atoms with Crippen LogP contribution in [0.4, 0.5) is 5.69 Å². The lowest BCUT2D eigenvalue weighted by molar-refractivity contribution is -0.117. The number of rotatable bonds is 6. The molecule has 0 saturated carbocycles. The van der Waals surface area contributed by atoms with Gasteiger partial charge in [-0.05, 0) is 19.4 Å². The second-order valence-electron chi connectivity index (χ2n) is 4.50. The average molecular weight is 250 g/mol. The number of hydrogen-bond donors (Lipinski definition) is 3. The molecule has 2 atom stereocenters. The minimum Gasteiger partial charge on any atom is -0.389 e. The zero-order valence-electron chi connectivity index (χ0n) is 11.0. The van der Waals surface area contributed by atoms with E-state index in [1.54, 1.807) is 19.1 Å². The first-order valence-electron chi connectivity index (χ1n) is 6.39. The van der Waals surface area contributed by atoms with Crippen molar-refractivity contribution >= 4 is 11.6 Å². The zero-order chi connectivity index (χ0) is 13.5. The van der Waals surface area contributed by atoms with Crippen LogP contribution in [0.1, 0.15) is 44.8 Å². The van der Waals surface area contributed by atoms with Gasteiger partial charge in [-0.2, -0.15) is 0 Å². The topological polar surface area (TPSA) is 75.4 Å². The van der Waals surface area contributed by atoms with Gasteiger partial charge in [0.2, 0.25) is 5.91 Å². The third-order valence-electron chi connectivity index (χ3n) is 2.87. The average Bonchev–Trinajstić information content (AvgIpc) is 2.36. The van der Waals surface area contributed by atoms with Crippen molar-refractivity contribution in [2.24, 2.45) is 5.73 Å². The molecule has 0 heterocycles. The number of benzene rings is 1. The molecule has 1 aromatic carbocycles. The normalized spacial score (nSPS) is 14.0. The van der Waals surface area contributed by atoms with Gasteiger partial charge in [0.1, 0.15) is 0 Å². The molecule has 0 spiro atoms. The number of aliphatic hydroxyl groups excluding tert-OH is 1. The smallest absolute Gasteiger partial charge is 0.241 e. The predicted molar refractivity (Wildman–Crippen MR) is 73.2 cm³/mol. The van der Waals surface area contributed by atoms with E-state index in [2.05, 4.69) is 12.2 Å². The Hall–Kier alpha value is -1.39. The van der Waals surface area contributed by atoms with Crippen LogP contribution in [-0.2, 0) is 4.79 Å². The Labute approximate surface area is 108 Å². The second kappa shape index (κ2) is 7.13. The Bertz CT molecular complexity index is 391. The number of nitrogens with two attached hydrogens (primary N) is 1. The van der Waals surface area contributed by atoms with Gasteiger partial charge in [0.25, 0.3) is 0 Å². The van der Waals surface area contributed by atoms with Crippen molar-refractivity contribution in [2.45, 2.75) is 45.3 Å². The molecule has 0 aliphatic rings. The van der Waals surface area contributed by atoms with Gasteiger partial charge in [-0.1, -0.05) is 38.0 Å². The molecule has 4 heteroatoms. The second-order valence-corrected chi connectivity index (χ2v) is 4.50. The van der Waals surface area contributed by atoms with Gasteiger partial charge >= 0.3 is 0 Å². The lowest BCUT2D eigenvalue weighted by atomic mass is 10.1. The lowest BCUT2D eigenvalue weighted by Gasteiger charge is -2.15. The van der Waals surface area contributed by atoms with Gasteiger partial charge in [-0.25, -0.2) is 0 Å². The van der Waals surface area contributed by atoms with E-state index in [9.17, 15) is 9.90 Å². The monoisotopic (exact) mass is 250 g/mol. The molecule has 1 aromatic rings. The van der Waals surface area contributed by atoms with Crippen LogP contribution in [0.2, 0.25) is 0 Å². The molecule has 18 heavy (non-hydrogen) atoms. The fourth-order valence-corrected chi connectivity index (χ4v) is 1.76. The molecule has 0 aromatic heterocycles. The van der Waals surface area contributed by atoms with E-state index in [4.69, 9.17) is 5.73 Å². The summed E-state index contributed by atoms with van der Waals surface area (Å²) in [4.78, 5) is 11.9. The third-order valence-corrected chi connectivity index (χ3v) is 2.87. The third kappa shape index (κ3) is 4.13. The number of unbranched alkanes of at least 4 members (excludes halogenated alkanes) is 1. The van der Waals surface area contributed by atoms with Crippen LogP contribution in [0.15, 0.2) is 24.3 Å². The number of anilines is 1. The van der Waals surface area contributed by atoms with Crippen LogP contribution in [-0.4, -0.2) is 17.1 Å². The van der Waals surface area contributed by atoms with Gasteiger partial charge in [0.15, 0.2) is 0 Å². The maximum absolute atomic E-state index is 11.9. The first-order valence-corrected chi connectivity index (χ1v) is 6.39. The molecule has 4 nitrogen and oxygen atoms in total. The minimum atomic E-state index is -0.617. The first-order chi connectivity index (χ1) is 8.56. The highest BCUT2D eigenvalue weighted by Gasteiger charge is 2.15. The predicted octanol–water partition coefficient (Wildman–Crippen LogP) is 2.20. The molecule has 0 fully saturated rings. The Morgan fingerprint density at radius 1 is 1.44 bits per heavy atom. The van der Waals surface area contributed by atoms with E-state index in [1.165, 1.54) is 0 Å². The van der Waals surface area contributed by atoms with Gasteiger partial charge in [-0.3, -0.25) is 4.79 Å². The number of amides is 1. The quantitative estimate of drug-likeness (QED) is 0.724. The van der Waals surface area contributed by atoms with Crippen molar-refractivity contribution in [3.05, 3.63) is 29.8 Å². The number of carbonyl (C=O) groups is 1. The minimum absolute atomic E-state index is 0.198. The molecule has 1 amide bonds. The molecular formula is C14H22N2O2. The summed E-state index contributed by atoms with van der Waals surface area (Å²) in [6, 6.07) is 6.71. The molecule has 0 aliphatic carbocycles. The summed E-state index contributed by atoms with van der Waals surface area (Å²) in [6.07, 6.45) is 2.02. The standard InChI is InChI=1S/C14H22N2O2/c1-3-4-8-12(15)14(18)16-13-9-6-5-7-11(13)10(2)17/h5-7,9-10,12,17H,3-4,8,15H2,1-2H3,(H,16,18). The van der Waals surface area contributed by atoms with E-state index >= 15 is 0 Å². The fraction of sp³-hybridized carbons (Fsp3) is 0.500. The maximum Gasteiger partial charge on any atom is 0.241 e. The van der Waals surface area contributed by atoms with Gasteiger partial charge in [0.05, 0.1) is 12.1 Å². The highest BCUT2D eigenvalue weighted by atomic mass is 16.3. The summed E-state index contributed by atoms with van der Waals surface area (Å²) in [6.45, 7) is 3.73. The molecule has 2 unspecified atom stereocenters. The van der Waals surface area contributed by atoms with Gasteiger partial charge in [-0.15, -0.1) is 0 Å². The summed E-state index contributed by atoms with van der Waals surface area (Å²) in [5.74, 6) is -0.198. The van der Waals surface area contributed by atoms with Crippen LogP contribution >= 0.6 is 0 Å². The summed E-state index contributed by atoms with van der Waals surface area (Å²) >= 11 is 0. The number of carbonyl (C=O) groups excluding carboxylic acids is 1. The highest BCUT2D eigenvalue weighted by Crippen LogP contribution is 2.22. The Kier molecular flexibility index (Phi) is 5.82. The van der Waals surface area contributed by atoms with Crippen LogP contribution in [0, 0.1) is 0 Å². The summed E-state index contributed by atoms with van der Waals surface area (Å²) in [5, 5.41) is 12.4. The Morgan fingerprint density at radius 3 is 2.72 bits per heavy atom. The molecule has 0 saturated heterocycles. The zero-order valence-corrected chi connectivity index (χ0v) is 11.0. The van der Waals surface area contributed by atoms with Crippen molar-refractivity contribution in [1.82, 2.24) is 0 Å². The number of hydrogen-bond acceptors (Lipinski definition) is 3. The number of para-hydroxylation sites is 1. The molecule has 0 aliphatic heterocycles. The van der Waals surface area contributed by atoms with Crippen LogP contribution in [0.3, 0.4) is 0 Å². The maximum atomic E-state index is 11.9. The van der Waals surface area contributed by atoms with Gasteiger partial charge in [0, 0.05) is 11.3 Å². The van der Waals surface area contributed by atoms with Crippen LogP contribution in [0.5, 0.6) is 0 Å². The van der Waals surface area contributed by atoms with Crippen molar-refractivity contribution in [2.75, 3.05) is 5.32 Å². The van der Waals surface area contributed by atoms with E-state index in [1.807, 2.05) is 12.1 Å². The number of aliphatic hydroxyl groups is 1. The summed E-state index contributed by atoms with van der Waals surface area (Å²) in [5.41, 5.74) is 7.13. The van der Waals surface area contributed by atoms with Gasteiger partial charge < -0.3 is 16.2 Å². The van der Waals surface area contributed by atoms with Crippen molar-refractivity contribution in [1.29, 1.82) is 0 Å². The van der Waals surface area contributed by atoms with E-state index in [0.717, 1.165) is 12.8 Å². The molecule has 1 rings (SSSR count). The highest BCUT2D eigenvalue weighted by molar-refractivity contribution is 5.95. The molecule has 4 N–H and O–H groups in total. The van der Waals surface area contributed by atoms with Crippen molar-refractivity contribution < 1.29 is 9.90 Å². The van der Waals surface area contributed by atoms with E-state index < -0.39 is 12.1 Å². The lowest BCUT2D eigenvalue weighted by Crippen LogP contribution is -2.35. The summed E-state index contributed by atoms with van der Waals surface area (Å²) in [7, 11) is 0. The number of nitrogens with one attached hydrogen (secondary N) is 1. The molecule has 100 valence electrons. The van der Waals surface area contributed by atoms with Crippen molar-refractivity contribution in [3.63, 3.8) is 0 Å². The van der Waals surface area contributed by atoms with Crippen LogP contribution < -0.4 is 11.1 Å². The molecule has 0 bridgehead atoms. The van der Waals surface area contributed by atoms with Crippen LogP contribution in [0.25, 0.3) is 0 Å². The largest absolute Gasteiger partial charge is 0.389 e. The SMILES string of the molecule is CCCCC(N)C(=O)Nc1ccccc1C(C)O. The van der Waals surface area contributed by atoms with E-state index in [0.29, 0.717) is 17.7 Å². The Morgan fingerprint density at radius 2 is 2.11 bits per heavy atom. The van der Waals surface area contributed by atoms with Crippen molar-refractivity contribution in [3.8, 4) is 0 Å². The van der Waals surface area contributed by atoms with E-state index in [-0.39, 0.29) is 5.91 Å². The summed E-state index contributed by atoms with van der Waals surface area (Å²) < 4.78 is 0.